The van der Waals surface area contributed by atoms with Crippen molar-refractivity contribution < 1.29 is 14.3 Å². The van der Waals surface area contributed by atoms with Gasteiger partial charge >= 0.3 is 0 Å². The van der Waals surface area contributed by atoms with Crippen LogP contribution in [0.4, 0.5) is 11.5 Å². The number of hydrogen-bond donors (Lipinski definition) is 0. The third-order valence-electron chi connectivity index (χ3n) is 5.50. The van der Waals surface area contributed by atoms with Gasteiger partial charge < -0.3 is 14.5 Å². The van der Waals surface area contributed by atoms with E-state index in [0.29, 0.717) is 24.7 Å². The predicted molar refractivity (Wildman–Crippen MR) is 107 cm³/mol. The molecule has 0 unspecified atom stereocenters. The van der Waals surface area contributed by atoms with Crippen molar-refractivity contribution in [1.29, 1.82) is 0 Å². The molecular weight excluding hydrogens is 356 g/mol. The number of aromatic nitrogens is 1. The number of carbonyl (C=O) groups excluding carboxylic acids is 2. The molecule has 1 saturated heterocycles. The Bertz CT molecular complexity index is 906. The lowest BCUT2D eigenvalue weighted by atomic mass is 10.1. The molecule has 0 spiro atoms. The molecule has 2 aliphatic rings. The number of amides is 2. The highest BCUT2D eigenvalue weighted by Gasteiger charge is 2.31. The summed E-state index contributed by atoms with van der Waals surface area (Å²) in [6.45, 7) is 7.02. The molecule has 1 aromatic heterocycles. The van der Waals surface area contributed by atoms with Crippen LogP contribution in [0.15, 0.2) is 36.5 Å². The van der Waals surface area contributed by atoms with E-state index in [9.17, 15) is 9.59 Å². The molecule has 3 heterocycles. The summed E-state index contributed by atoms with van der Waals surface area (Å²) in [5.41, 5.74) is 3.78. The third kappa shape index (κ3) is 3.40. The lowest BCUT2D eigenvalue weighted by molar-refractivity contribution is -0.132. The highest BCUT2D eigenvalue weighted by Crippen LogP contribution is 2.29. The Labute approximate surface area is 164 Å². The topological polar surface area (TPSA) is 66.0 Å². The Hall–Kier alpha value is -3.09. The van der Waals surface area contributed by atoms with Crippen LogP contribution in [0, 0.1) is 13.8 Å². The van der Waals surface area contributed by atoms with Crippen molar-refractivity contribution in [2.75, 3.05) is 49.1 Å². The van der Waals surface area contributed by atoms with Gasteiger partial charge in [0.15, 0.2) is 18.2 Å². The van der Waals surface area contributed by atoms with E-state index in [1.807, 2.05) is 4.90 Å². The largest absolute Gasteiger partial charge is 0.480 e. The van der Waals surface area contributed by atoms with Gasteiger partial charge in [0.2, 0.25) is 5.91 Å². The predicted octanol–water partition coefficient (Wildman–Crippen LogP) is 1.77. The second-order valence-corrected chi connectivity index (χ2v) is 7.18. The number of aryl methyl sites for hydroxylation is 1. The fraction of sp³-hybridized carbons (Fsp3) is 0.381. The zero-order chi connectivity index (χ0) is 19.7. The van der Waals surface area contributed by atoms with Crippen molar-refractivity contribution in [2.45, 2.75) is 13.8 Å². The minimum Gasteiger partial charge on any atom is -0.480 e. The quantitative estimate of drug-likeness (QED) is 0.812. The highest BCUT2D eigenvalue weighted by molar-refractivity contribution is 6.01. The van der Waals surface area contributed by atoms with Crippen LogP contribution in [0.1, 0.15) is 11.1 Å². The Morgan fingerprint density at radius 1 is 1.11 bits per heavy atom. The summed E-state index contributed by atoms with van der Waals surface area (Å²) in [6, 6.07) is 9.83. The van der Waals surface area contributed by atoms with E-state index >= 15 is 0 Å². The van der Waals surface area contributed by atoms with E-state index in [-0.39, 0.29) is 25.0 Å². The summed E-state index contributed by atoms with van der Waals surface area (Å²) in [7, 11) is 0. The zero-order valence-electron chi connectivity index (χ0n) is 16.2. The minimum atomic E-state index is -0.242. The molecule has 7 heteroatoms. The van der Waals surface area contributed by atoms with Gasteiger partial charge in [0.05, 0.1) is 0 Å². The van der Waals surface area contributed by atoms with Crippen molar-refractivity contribution in [3.8, 4) is 5.75 Å². The van der Waals surface area contributed by atoms with Gasteiger partial charge in [-0.25, -0.2) is 4.98 Å². The van der Waals surface area contributed by atoms with Crippen molar-refractivity contribution >= 4 is 23.3 Å². The molecule has 7 nitrogen and oxygen atoms in total. The van der Waals surface area contributed by atoms with E-state index in [0.717, 1.165) is 13.1 Å². The number of carbonyl (C=O) groups is 2. The average Bonchev–Trinajstić information content (AvgIpc) is 2.72. The Balaban J connectivity index is 1.41. The number of nitrogens with zero attached hydrogens (tertiary/aromatic N) is 4. The standard InChI is InChI=1S/C21H24N4O3/c1-15-5-3-6-17(16(15)2)23-9-11-24(12-10-23)19(26)13-25-20(27)14-28-18-7-4-8-22-21(18)25/h3-8H,9-14H2,1-2H3. The van der Waals surface area contributed by atoms with E-state index in [4.69, 9.17) is 4.74 Å². The van der Waals surface area contributed by atoms with Crippen LogP contribution in [0.5, 0.6) is 5.75 Å². The molecule has 2 amide bonds. The Morgan fingerprint density at radius 2 is 1.89 bits per heavy atom. The second kappa shape index (κ2) is 7.50. The minimum absolute atomic E-state index is 0.00429. The summed E-state index contributed by atoms with van der Waals surface area (Å²) < 4.78 is 5.39. The first-order chi connectivity index (χ1) is 13.5. The van der Waals surface area contributed by atoms with Crippen LogP contribution in [0.3, 0.4) is 0 Å². The highest BCUT2D eigenvalue weighted by atomic mass is 16.5. The molecule has 0 radical (unpaired) electrons. The molecular formula is C21H24N4O3. The first-order valence-electron chi connectivity index (χ1n) is 9.51. The fourth-order valence-corrected chi connectivity index (χ4v) is 3.71. The van der Waals surface area contributed by atoms with Crippen LogP contribution in [0.2, 0.25) is 0 Å². The first-order valence-corrected chi connectivity index (χ1v) is 9.51. The molecule has 0 aliphatic carbocycles. The molecule has 2 aliphatic heterocycles. The number of piperazine rings is 1. The Kier molecular flexibility index (Phi) is 4.90. The van der Waals surface area contributed by atoms with Crippen LogP contribution >= 0.6 is 0 Å². The van der Waals surface area contributed by atoms with Gasteiger partial charge in [0.1, 0.15) is 6.54 Å². The van der Waals surface area contributed by atoms with E-state index in [1.54, 1.807) is 18.3 Å². The van der Waals surface area contributed by atoms with Crippen molar-refractivity contribution in [3.05, 3.63) is 47.7 Å². The molecule has 28 heavy (non-hydrogen) atoms. The molecule has 2 aromatic rings. The summed E-state index contributed by atoms with van der Waals surface area (Å²) in [5, 5.41) is 0. The van der Waals surface area contributed by atoms with E-state index in [1.165, 1.54) is 21.7 Å². The first kappa shape index (κ1) is 18.3. The molecule has 0 N–H and O–H groups in total. The molecule has 1 fully saturated rings. The second-order valence-electron chi connectivity index (χ2n) is 7.18. The van der Waals surface area contributed by atoms with Gasteiger partial charge in [-0.15, -0.1) is 0 Å². The molecule has 0 atom stereocenters. The number of rotatable bonds is 3. The Morgan fingerprint density at radius 3 is 2.68 bits per heavy atom. The number of pyridine rings is 1. The zero-order valence-corrected chi connectivity index (χ0v) is 16.2. The van der Waals surface area contributed by atoms with Crippen molar-refractivity contribution in [1.82, 2.24) is 9.88 Å². The van der Waals surface area contributed by atoms with Crippen LogP contribution < -0.4 is 14.5 Å². The van der Waals surface area contributed by atoms with Gasteiger partial charge in [-0.1, -0.05) is 12.1 Å². The molecule has 0 bridgehead atoms. The fourth-order valence-electron chi connectivity index (χ4n) is 3.71. The van der Waals surface area contributed by atoms with Gasteiger partial charge in [-0.05, 0) is 43.2 Å². The molecule has 0 saturated carbocycles. The summed E-state index contributed by atoms with van der Waals surface area (Å²) >= 11 is 0. The average molecular weight is 380 g/mol. The van der Waals surface area contributed by atoms with Crippen LogP contribution in [0.25, 0.3) is 0 Å². The number of anilines is 2. The van der Waals surface area contributed by atoms with Gasteiger partial charge in [-0.3, -0.25) is 14.5 Å². The maximum Gasteiger partial charge on any atom is 0.266 e. The smallest absolute Gasteiger partial charge is 0.266 e. The van der Waals surface area contributed by atoms with Crippen molar-refractivity contribution in [3.63, 3.8) is 0 Å². The summed E-state index contributed by atoms with van der Waals surface area (Å²) in [5.74, 6) is 0.650. The van der Waals surface area contributed by atoms with Crippen LogP contribution in [-0.4, -0.2) is 61.0 Å². The maximum absolute atomic E-state index is 12.8. The SMILES string of the molecule is Cc1cccc(N2CCN(C(=O)CN3C(=O)COc4cccnc43)CC2)c1C. The lowest BCUT2D eigenvalue weighted by Gasteiger charge is -2.38. The van der Waals surface area contributed by atoms with Crippen LogP contribution in [-0.2, 0) is 9.59 Å². The van der Waals surface area contributed by atoms with Gasteiger partial charge in [-0.2, -0.15) is 0 Å². The van der Waals surface area contributed by atoms with Gasteiger partial charge in [0, 0.05) is 38.1 Å². The van der Waals surface area contributed by atoms with E-state index in [2.05, 4.69) is 41.9 Å². The number of hydrogen-bond acceptors (Lipinski definition) is 5. The van der Waals surface area contributed by atoms with E-state index < -0.39 is 0 Å². The third-order valence-corrected chi connectivity index (χ3v) is 5.50. The molecule has 146 valence electrons. The summed E-state index contributed by atoms with van der Waals surface area (Å²) in [6.07, 6.45) is 1.60. The van der Waals surface area contributed by atoms with Crippen molar-refractivity contribution in [2.24, 2.45) is 0 Å². The number of fused-ring (bicyclic) bond motifs is 1. The number of ether oxygens (including phenoxy) is 1. The maximum atomic E-state index is 12.8. The lowest BCUT2D eigenvalue weighted by Crippen LogP contribution is -2.53. The molecule has 4 rings (SSSR count). The van der Waals surface area contributed by atoms with Gasteiger partial charge in [0.25, 0.3) is 5.91 Å². The number of benzene rings is 1. The molecule has 1 aromatic carbocycles. The normalized spacial score (nSPS) is 16.6. The summed E-state index contributed by atoms with van der Waals surface area (Å²) in [4.78, 5) is 34.9. The monoisotopic (exact) mass is 380 g/mol.